The van der Waals surface area contributed by atoms with Crippen molar-refractivity contribution < 1.29 is 9.72 Å². The Kier molecular flexibility index (Phi) is 3.90. The van der Waals surface area contributed by atoms with Gasteiger partial charge in [0, 0.05) is 23.3 Å². The van der Waals surface area contributed by atoms with Gasteiger partial charge in [-0.2, -0.15) is 0 Å². The maximum Gasteiger partial charge on any atom is 0.272 e. The van der Waals surface area contributed by atoms with E-state index in [4.69, 9.17) is 11.6 Å². The number of benzene rings is 1. The molecule has 1 aromatic carbocycles. The molecular weight excluding hydrogens is 284 g/mol. The lowest BCUT2D eigenvalue weighted by molar-refractivity contribution is -0.385. The summed E-state index contributed by atoms with van der Waals surface area (Å²) in [5.74, 6) is -0.177. The molecule has 0 aliphatic carbocycles. The van der Waals surface area contributed by atoms with E-state index in [1.54, 1.807) is 6.92 Å². The smallest absolute Gasteiger partial charge is 0.272 e. The number of nitro groups is 1. The fourth-order valence-corrected chi connectivity index (χ4v) is 1.74. The maximum atomic E-state index is 12.0. The summed E-state index contributed by atoms with van der Waals surface area (Å²) < 4.78 is 0. The molecule has 0 aliphatic heterocycles. The highest BCUT2D eigenvalue weighted by atomic mass is 35.5. The molecule has 0 aliphatic rings. The number of halogens is 1. The Morgan fingerprint density at radius 3 is 2.70 bits per heavy atom. The molecule has 0 radical (unpaired) electrons. The van der Waals surface area contributed by atoms with Crippen molar-refractivity contribution in [1.29, 1.82) is 0 Å². The Morgan fingerprint density at radius 1 is 1.35 bits per heavy atom. The summed E-state index contributed by atoms with van der Waals surface area (Å²) in [6.07, 6.45) is 1.22. The first-order chi connectivity index (χ1) is 9.47. The van der Waals surface area contributed by atoms with Crippen LogP contribution in [0.25, 0.3) is 0 Å². The summed E-state index contributed by atoms with van der Waals surface area (Å²) >= 11 is 5.68. The number of aromatic nitrogens is 2. The topological polar surface area (TPSA) is 98.0 Å². The zero-order valence-electron chi connectivity index (χ0n) is 10.3. The molecule has 1 N–H and O–H groups in total. The summed E-state index contributed by atoms with van der Waals surface area (Å²) in [6, 6.07) is 5.51. The van der Waals surface area contributed by atoms with E-state index in [1.807, 2.05) is 0 Å². The molecule has 0 atom stereocenters. The zero-order valence-corrected chi connectivity index (χ0v) is 11.1. The second-order valence-corrected chi connectivity index (χ2v) is 4.33. The number of nitro benzene ring substituents is 1. The third kappa shape index (κ3) is 3.07. The van der Waals surface area contributed by atoms with Gasteiger partial charge in [0.25, 0.3) is 11.6 Å². The minimum Gasteiger partial charge on any atom is -0.306 e. The van der Waals surface area contributed by atoms with Gasteiger partial charge in [-0.15, -0.1) is 0 Å². The number of nitrogens with one attached hydrogen (secondary N) is 1. The lowest BCUT2D eigenvalue weighted by Crippen LogP contribution is -2.13. The minimum atomic E-state index is -0.499. The SMILES string of the molecule is Cc1cc(C(=O)Nc2cc(Cl)ncn2)ccc1[N+](=O)[O-]. The van der Waals surface area contributed by atoms with Gasteiger partial charge in [0.05, 0.1) is 4.92 Å². The molecule has 0 saturated heterocycles. The molecule has 0 unspecified atom stereocenters. The first-order valence-corrected chi connectivity index (χ1v) is 5.89. The van der Waals surface area contributed by atoms with Crippen molar-refractivity contribution in [2.45, 2.75) is 6.92 Å². The first kappa shape index (κ1) is 13.9. The molecule has 7 nitrogen and oxygen atoms in total. The first-order valence-electron chi connectivity index (χ1n) is 5.51. The molecule has 0 spiro atoms. The quantitative estimate of drug-likeness (QED) is 0.532. The Bertz CT molecular complexity index is 690. The van der Waals surface area contributed by atoms with E-state index < -0.39 is 10.8 Å². The van der Waals surface area contributed by atoms with Gasteiger partial charge in [0.1, 0.15) is 17.3 Å². The third-order valence-electron chi connectivity index (χ3n) is 2.53. The minimum absolute atomic E-state index is 0.0355. The van der Waals surface area contributed by atoms with Crippen LogP contribution in [-0.4, -0.2) is 20.8 Å². The van der Waals surface area contributed by atoms with Crippen molar-refractivity contribution in [2.75, 3.05) is 5.32 Å². The number of carbonyl (C=O) groups excluding carboxylic acids is 1. The number of aryl methyl sites for hydroxylation is 1. The van der Waals surface area contributed by atoms with Crippen LogP contribution in [0.2, 0.25) is 5.15 Å². The second-order valence-electron chi connectivity index (χ2n) is 3.94. The molecule has 8 heteroatoms. The van der Waals surface area contributed by atoms with Crippen LogP contribution >= 0.6 is 11.6 Å². The van der Waals surface area contributed by atoms with Crippen molar-refractivity contribution in [1.82, 2.24) is 9.97 Å². The van der Waals surface area contributed by atoms with Crippen molar-refractivity contribution >= 4 is 29.0 Å². The van der Waals surface area contributed by atoms with E-state index in [-0.39, 0.29) is 16.7 Å². The van der Waals surface area contributed by atoms with E-state index >= 15 is 0 Å². The van der Waals surface area contributed by atoms with Crippen molar-refractivity contribution in [3.8, 4) is 0 Å². The van der Waals surface area contributed by atoms with Gasteiger partial charge < -0.3 is 5.32 Å². The number of nitrogens with zero attached hydrogens (tertiary/aromatic N) is 3. The number of hydrogen-bond donors (Lipinski definition) is 1. The molecule has 2 aromatic rings. The maximum absolute atomic E-state index is 12.0. The summed E-state index contributed by atoms with van der Waals surface area (Å²) in [4.78, 5) is 29.7. The van der Waals surface area contributed by atoms with E-state index in [1.165, 1.54) is 30.6 Å². The van der Waals surface area contributed by atoms with Crippen LogP contribution < -0.4 is 5.32 Å². The van der Waals surface area contributed by atoms with Crippen LogP contribution in [0.4, 0.5) is 11.5 Å². The molecule has 0 fully saturated rings. The van der Waals surface area contributed by atoms with Gasteiger partial charge in [-0.25, -0.2) is 9.97 Å². The number of hydrogen-bond acceptors (Lipinski definition) is 5. The van der Waals surface area contributed by atoms with Gasteiger partial charge in [-0.1, -0.05) is 11.6 Å². The van der Waals surface area contributed by atoms with Crippen molar-refractivity contribution in [3.05, 3.63) is 57.0 Å². The fourth-order valence-electron chi connectivity index (χ4n) is 1.59. The van der Waals surface area contributed by atoms with Gasteiger partial charge in [0.2, 0.25) is 0 Å². The standard InChI is InChI=1S/C12H9ClN4O3/c1-7-4-8(2-3-9(7)17(19)20)12(18)16-11-5-10(13)14-6-15-11/h2-6H,1H3,(H,14,15,16,18). The second kappa shape index (κ2) is 5.62. The molecule has 1 heterocycles. The number of anilines is 1. The highest BCUT2D eigenvalue weighted by Gasteiger charge is 2.14. The van der Waals surface area contributed by atoms with Gasteiger partial charge >= 0.3 is 0 Å². The lowest BCUT2D eigenvalue weighted by Gasteiger charge is -2.05. The normalized spacial score (nSPS) is 10.1. The van der Waals surface area contributed by atoms with Gasteiger partial charge in [0.15, 0.2) is 0 Å². The van der Waals surface area contributed by atoms with E-state index in [9.17, 15) is 14.9 Å². The zero-order chi connectivity index (χ0) is 14.7. The number of amides is 1. The number of carbonyl (C=O) groups is 1. The van der Waals surface area contributed by atoms with Crippen LogP contribution in [0, 0.1) is 17.0 Å². The molecule has 102 valence electrons. The van der Waals surface area contributed by atoms with Crippen LogP contribution in [-0.2, 0) is 0 Å². The predicted octanol–water partition coefficient (Wildman–Crippen LogP) is 2.60. The fraction of sp³-hybridized carbons (Fsp3) is 0.0833. The van der Waals surface area contributed by atoms with E-state index in [0.717, 1.165) is 0 Å². The predicted molar refractivity (Wildman–Crippen MR) is 72.8 cm³/mol. The molecule has 0 bridgehead atoms. The molecule has 1 aromatic heterocycles. The Balaban J connectivity index is 2.22. The summed E-state index contributed by atoms with van der Waals surface area (Å²) in [7, 11) is 0. The largest absolute Gasteiger partial charge is 0.306 e. The summed E-state index contributed by atoms with van der Waals surface area (Å²) in [6.45, 7) is 1.57. The van der Waals surface area contributed by atoms with E-state index in [0.29, 0.717) is 11.1 Å². The highest BCUT2D eigenvalue weighted by Crippen LogP contribution is 2.19. The number of rotatable bonds is 3. The average molecular weight is 293 g/mol. The lowest BCUT2D eigenvalue weighted by atomic mass is 10.1. The Labute approximate surface area is 118 Å². The van der Waals surface area contributed by atoms with Crippen LogP contribution in [0.3, 0.4) is 0 Å². The molecule has 2 rings (SSSR count). The van der Waals surface area contributed by atoms with Crippen LogP contribution in [0.5, 0.6) is 0 Å². The van der Waals surface area contributed by atoms with Crippen molar-refractivity contribution in [3.63, 3.8) is 0 Å². The van der Waals surface area contributed by atoms with Gasteiger partial charge in [-0.3, -0.25) is 14.9 Å². The van der Waals surface area contributed by atoms with Crippen LogP contribution in [0.1, 0.15) is 15.9 Å². The molecular formula is C12H9ClN4O3. The van der Waals surface area contributed by atoms with Crippen molar-refractivity contribution in [2.24, 2.45) is 0 Å². The molecule has 1 amide bonds. The average Bonchev–Trinajstić information content (AvgIpc) is 2.38. The Hall–Kier alpha value is -2.54. The molecule has 20 heavy (non-hydrogen) atoms. The summed E-state index contributed by atoms with van der Waals surface area (Å²) in [5.41, 5.74) is 0.665. The van der Waals surface area contributed by atoms with E-state index in [2.05, 4.69) is 15.3 Å². The summed E-state index contributed by atoms with van der Waals surface area (Å²) in [5, 5.41) is 13.4. The molecule has 0 saturated carbocycles. The third-order valence-corrected chi connectivity index (χ3v) is 2.74. The Morgan fingerprint density at radius 2 is 2.10 bits per heavy atom. The monoisotopic (exact) mass is 292 g/mol. The highest BCUT2D eigenvalue weighted by molar-refractivity contribution is 6.29. The van der Waals surface area contributed by atoms with Gasteiger partial charge in [-0.05, 0) is 19.1 Å². The van der Waals surface area contributed by atoms with Crippen LogP contribution in [0.15, 0.2) is 30.6 Å².